The minimum atomic E-state index is 0.451. The predicted octanol–water partition coefficient (Wildman–Crippen LogP) is 3.83. The van der Waals surface area contributed by atoms with Crippen molar-refractivity contribution >= 4 is 22.2 Å². The van der Waals surface area contributed by atoms with Crippen molar-refractivity contribution in [1.82, 2.24) is 4.57 Å². The van der Waals surface area contributed by atoms with E-state index < -0.39 is 0 Å². The van der Waals surface area contributed by atoms with Crippen LogP contribution in [-0.2, 0) is 0 Å². The largest absolute Gasteiger partial charge is 0.344 e. The molecule has 1 heterocycles. The first kappa shape index (κ1) is 10.9. The number of aromatic nitrogens is 1. The molecule has 1 fully saturated rings. The Morgan fingerprint density at radius 3 is 2.47 bits per heavy atom. The average Bonchev–Trinajstić information content (AvgIpc) is 2.93. The first-order chi connectivity index (χ1) is 7.07. The van der Waals surface area contributed by atoms with Crippen molar-refractivity contribution in [3.8, 4) is 0 Å². The summed E-state index contributed by atoms with van der Waals surface area (Å²) in [7, 11) is 0. The maximum absolute atomic E-state index is 11.0. The summed E-state index contributed by atoms with van der Waals surface area (Å²) in [6, 6.07) is 0.632. The highest BCUT2D eigenvalue weighted by molar-refractivity contribution is 9.10. The van der Waals surface area contributed by atoms with Gasteiger partial charge < -0.3 is 4.57 Å². The van der Waals surface area contributed by atoms with E-state index in [1.54, 1.807) is 0 Å². The molecule has 1 aliphatic rings. The van der Waals surface area contributed by atoms with Crippen molar-refractivity contribution in [2.75, 3.05) is 0 Å². The Morgan fingerprint density at radius 2 is 2.07 bits per heavy atom. The molecule has 0 N–H and O–H groups in total. The number of nitrogens with zero attached hydrogens (tertiary/aromatic N) is 1. The minimum absolute atomic E-state index is 0.451. The van der Waals surface area contributed by atoms with E-state index >= 15 is 0 Å². The summed E-state index contributed by atoms with van der Waals surface area (Å²) < 4.78 is 3.34. The first-order valence-electron chi connectivity index (χ1n) is 5.43. The fourth-order valence-corrected chi connectivity index (χ4v) is 3.21. The molecule has 0 saturated heterocycles. The second kappa shape index (κ2) is 3.78. The van der Waals surface area contributed by atoms with Crippen LogP contribution in [0.25, 0.3) is 0 Å². The van der Waals surface area contributed by atoms with Gasteiger partial charge in [0.15, 0.2) is 6.29 Å². The number of rotatable bonds is 3. The summed E-state index contributed by atoms with van der Waals surface area (Å²) in [6.07, 6.45) is 3.46. The van der Waals surface area contributed by atoms with Gasteiger partial charge in [0.1, 0.15) is 0 Å². The average molecular weight is 270 g/mol. The zero-order valence-electron chi connectivity index (χ0n) is 9.38. The first-order valence-corrected chi connectivity index (χ1v) is 6.22. The van der Waals surface area contributed by atoms with Gasteiger partial charge in [-0.05, 0) is 41.6 Å². The molecule has 0 bridgehead atoms. The Hall–Kier alpha value is -0.570. The van der Waals surface area contributed by atoms with Crippen molar-refractivity contribution in [3.05, 3.63) is 21.4 Å². The highest BCUT2D eigenvalue weighted by Crippen LogP contribution is 2.43. The van der Waals surface area contributed by atoms with Crippen molar-refractivity contribution in [2.24, 2.45) is 0 Å². The maximum atomic E-state index is 11.0. The summed E-state index contributed by atoms with van der Waals surface area (Å²) in [5.74, 6) is 0.451. The molecule has 0 radical (unpaired) electrons. The fourth-order valence-electron chi connectivity index (χ4n) is 2.18. The Kier molecular flexibility index (Phi) is 2.75. The summed E-state index contributed by atoms with van der Waals surface area (Å²) in [4.78, 5) is 11.0. The zero-order valence-corrected chi connectivity index (χ0v) is 11.0. The molecule has 3 heteroatoms. The van der Waals surface area contributed by atoms with Crippen molar-refractivity contribution in [2.45, 2.75) is 45.6 Å². The highest BCUT2D eigenvalue weighted by atomic mass is 79.9. The Balaban J connectivity index is 2.63. The van der Waals surface area contributed by atoms with E-state index in [1.807, 2.05) is 6.92 Å². The summed E-state index contributed by atoms with van der Waals surface area (Å²) in [6.45, 7) is 6.39. The predicted molar refractivity (Wildman–Crippen MR) is 64.6 cm³/mol. The Bertz CT molecular complexity index is 377. The molecule has 15 heavy (non-hydrogen) atoms. The van der Waals surface area contributed by atoms with Crippen LogP contribution in [0.1, 0.15) is 60.4 Å². The van der Waals surface area contributed by atoms with Crippen molar-refractivity contribution in [1.29, 1.82) is 0 Å². The molecule has 0 unspecified atom stereocenters. The number of carbonyl (C=O) groups excluding carboxylic acids is 1. The third-order valence-electron chi connectivity index (χ3n) is 3.05. The number of carbonyl (C=O) groups is 1. The summed E-state index contributed by atoms with van der Waals surface area (Å²) in [5.41, 5.74) is 3.21. The van der Waals surface area contributed by atoms with Gasteiger partial charge in [0, 0.05) is 27.5 Å². The fraction of sp³-hybridized carbons (Fsp3) is 0.583. The van der Waals surface area contributed by atoms with Gasteiger partial charge in [-0.15, -0.1) is 0 Å². The van der Waals surface area contributed by atoms with E-state index in [0.29, 0.717) is 12.0 Å². The number of halogens is 1. The van der Waals surface area contributed by atoms with Crippen LogP contribution in [0.15, 0.2) is 4.47 Å². The van der Waals surface area contributed by atoms with E-state index in [9.17, 15) is 4.79 Å². The van der Waals surface area contributed by atoms with Gasteiger partial charge in [0.2, 0.25) is 0 Å². The molecule has 1 aliphatic carbocycles. The molecule has 0 spiro atoms. The van der Waals surface area contributed by atoms with Gasteiger partial charge in [-0.25, -0.2) is 0 Å². The number of aldehydes is 1. The molecule has 82 valence electrons. The van der Waals surface area contributed by atoms with Crippen LogP contribution in [0.5, 0.6) is 0 Å². The normalized spacial score (nSPS) is 16.1. The lowest BCUT2D eigenvalue weighted by Gasteiger charge is -2.13. The van der Waals surface area contributed by atoms with Gasteiger partial charge in [0.25, 0.3) is 0 Å². The Morgan fingerprint density at radius 1 is 1.47 bits per heavy atom. The van der Waals surface area contributed by atoms with Crippen LogP contribution in [-0.4, -0.2) is 10.9 Å². The molecule has 2 nitrogen and oxygen atoms in total. The van der Waals surface area contributed by atoms with Crippen LogP contribution >= 0.6 is 15.9 Å². The summed E-state index contributed by atoms with van der Waals surface area (Å²) in [5, 5.41) is 0. The highest BCUT2D eigenvalue weighted by Gasteiger charge is 2.31. The molecule has 0 amide bonds. The van der Waals surface area contributed by atoms with Gasteiger partial charge in [-0.3, -0.25) is 4.79 Å². The third-order valence-corrected chi connectivity index (χ3v) is 3.88. The molecule has 2 rings (SSSR count). The van der Waals surface area contributed by atoms with Crippen molar-refractivity contribution < 1.29 is 4.79 Å². The standard InChI is InChI=1S/C12H16BrNO/c1-7(2)12-11(13)10(6-15)8(3)14(12)9-4-5-9/h6-7,9H,4-5H2,1-3H3. The minimum Gasteiger partial charge on any atom is -0.344 e. The summed E-state index contributed by atoms with van der Waals surface area (Å²) >= 11 is 3.56. The number of hydrogen-bond acceptors (Lipinski definition) is 1. The lowest BCUT2D eigenvalue weighted by molar-refractivity contribution is 0.112. The Labute approximate surface area is 98.8 Å². The van der Waals surface area contributed by atoms with Crippen LogP contribution in [0.4, 0.5) is 0 Å². The topological polar surface area (TPSA) is 22.0 Å². The van der Waals surface area contributed by atoms with E-state index in [4.69, 9.17) is 0 Å². The molecule has 0 aliphatic heterocycles. The smallest absolute Gasteiger partial charge is 0.153 e. The molecule has 1 aromatic heterocycles. The van der Waals surface area contributed by atoms with Crippen LogP contribution in [0.2, 0.25) is 0 Å². The lowest BCUT2D eigenvalue weighted by atomic mass is 10.1. The van der Waals surface area contributed by atoms with E-state index in [1.165, 1.54) is 18.5 Å². The van der Waals surface area contributed by atoms with E-state index in [-0.39, 0.29) is 0 Å². The molecular formula is C12H16BrNO. The SMILES string of the molecule is Cc1c(C=O)c(Br)c(C(C)C)n1C1CC1. The zero-order chi connectivity index (χ0) is 11.2. The molecule has 1 aromatic rings. The molecule has 1 saturated carbocycles. The molecular weight excluding hydrogens is 254 g/mol. The van der Waals surface area contributed by atoms with Crippen LogP contribution in [0, 0.1) is 6.92 Å². The quantitative estimate of drug-likeness (QED) is 0.765. The third kappa shape index (κ3) is 1.67. The monoisotopic (exact) mass is 269 g/mol. The number of hydrogen-bond donors (Lipinski definition) is 0. The molecule has 0 aromatic carbocycles. The van der Waals surface area contributed by atoms with Gasteiger partial charge in [0.05, 0.1) is 0 Å². The van der Waals surface area contributed by atoms with Gasteiger partial charge in [-0.1, -0.05) is 13.8 Å². The van der Waals surface area contributed by atoms with Gasteiger partial charge in [-0.2, -0.15) is 0 Å². The maximum Gasteiger partial charge on any atom is 0.153 e. The van der Waals surface area contributed by atoms with E-state index in [2.05, 4.69) is 34.3 Å². The second-order valence-corrected chi connectivity index (χ2v) is 5.37. The van der Waals surface area contributed by atoms with Crippen LogP contribution < -0.4 is 0 Å². The van der Waals surface area contributed by atoms with E-state index in [0.717, 1.165) is 22.0 Å². The lowest BCUT2D eigenvalue weighted by Crippen LogP contribution is -2.04. The van der Waals surface area contributed by atoms with Crippen LogP contribution in [0.3, 0.4) is 0 Å². The van der Waals surface area contributed by atoms with Gasteiger partial charge >= 0.3 is 0 Å². The molecule has 0 atom stereocenters. The second-order valence-electron chi connectivity index (χ2n) is 4.57. The van der Waals surface area contributed by atoms with Crippen molar-refractivity contribution in [3.63, 3.8) is 0 Å².